The Bertz CT molecular complexity index is 676. The Balaban J connectivity index is 2.28. The summed E-state index contributed by atoms with van der Waals surface area (Å²) in [6, 6.07) is 17.3. The van der Waals surface area contributed by atoms with E-state index in [1.54, 1.807) is 6.92 Å². The van der Waals surface area contributed by atoms with Crippen LogP contribution in [0.25, 0.3) is 3.62 Å². The number of Topliss-reactive ketones (excluding diaryl/α,β-unsaturated/α-hetero) is 1. The molecule has 21 heavy (non-hydrogen) atoms. The molecule has 0 saturated heterocycles. The van der Waals surface area contributed by atoms with E-state index in [0.29, 0.717) is 5.56 Å². The molecule has 0 fully saturated rings. The van der Waals surface area contributed by atoms with Crippen LogP contribution in [0.2, 0.25) is 0 Å². The van der Waals surface area contributed by atoms with Gasteiger partial charge in [-0.15, -0.1) is 0 Å². The number of allylic oxidation sites excluding steroid dienone is 1. The van der Waals surface area contributed by atoms with Crippen molar-refractivity contribution in [2.24, 2.45) is 0 Å². The minimum atomic E-state index is -0.744. The summed E-state index contributed by atoms with van der Waals surface area (Å²) in [7, 11) is 0. The Hall–Kier alpha value is -1.40. The summed E-state index contributed by atoms with van der Waals surface area (Å²) in [5, 5.41) is -0.459. The van der Waals surface area contributed by atoms with Crippen LogP contribution in [0.5, 0.6) is 0 Å². The van der Waals surface area contributed by atoms with Gasteiger partial charge in [0.1, 0.15) is 0 Å². The van der Waals surface area contributed by atoms with Crippen LogP contribution in [0.15, 0.2) is 60.7 Å². The maximum atomic E-state index is 11.3. The maximum absolute atomic E-state index is 11.3. The van der Waals surface area contributed by atoms with Crippen LogP contribution >= 0.6 is 11.6 Å². The van der Waals surface area contributed by atoms with Gasteiger partial charge in [-0.3, -0.25) is 0 Å². The predicted octanol–water partition coefficient (Wildman–Crippen LogP) is 3.03. The summed E-state index contributed by atoms with van der Waals surface area (Å²) in [6.07, 6.45) is 1.50. The van der Waals surface area contributed by atoms with Crippen molar-refractivity contribution in [3.8, 4) is 0 Å². The zero-order valence-electron chi connectivity index (χ0n) is 11.4. The van der Waals surface area contributed by atoms with Gasteiger partial charge in [0, 0.05) is 0 Å². The van der Waals surface area contributed by atoms with Crippen LogP contribution in [0, 0.1) is 0 Å². The van der Waals surface area contributed by atoms with Gasteiger partial charge in [-0.2, -0.15) is 0 Å². The van der Waals surface area contributed by atoms with Gasteiger partial charge in [-0.1, -0.05) is 0 Å². The third kappa shape index (κ3) is 4.82. The second-order valence-electron chi connectivity index (χ2n) is 4.36. The molecule has 0 amide bonds. The molecule has 2 aromatic rings. The van der Waals surface area contributed by atoms with E-state index in [9.17, 15) is 9.59 Å². The molecule has 0 aliphatic rings. The zero-order valence-corrected chi connectivity index (χ0v) is 14.5. The molecule has 2 aromatic carbocycles. The van der Waals surface area contributed by atoms with Crippen molar-refractivity contribution < 1.29 is 9.59 Å². The Kier molecular flexibility index (Phi) is 5.75. The van der Waals surface area contributed by atoms with Gasteiger partial charge in [0.2, 0.25) is 0 Å². The van der Waals surface area contributed by atoms with E-state index in [0.717, 1.165) is 12.8 Å². The van der Waals surface area contributed by atoms with E-state index < -0.39 is 26.2 Å². The number of carbonyl (C=O) groups is 2. The molecule has 0 saturated carbocycles. The topological polar surface area (TPSA) is 34.1 Å². The number of rotatable bonds is 5. The molecular weight excluding hydrogens is 399 g/mol. The molecule has 0 heterocycles. The summed E-state index contributed by atoms with van der Waals surface area (Å²) in [5.41, 5.74) is 1.72. The number of hydrogen-bond donors (Lipinski definition) is 0. The summed E-state index contributed by atoms with van der Waals surface area (Å²) in [5.74, 6) is 0.0527. The third-order valence-corrected chi connectivity index (χ3v) is 5.99. The standard InChI is InChI=1S/C17H13ClO2Te/c1-12(19)13-7-9-15(10-8-13)21-16(11-17(18)20)14-5-3-2-4-6-14/h2-11H,1H3/b16-11-. The SMILES string of the molecule is CC(=O)c1ccc([Te]/C(=C\C(=O)Cl)c2ccccc2)cc1. The van der Waals surface area contributed by atoms with E-state index in [-0.39, 0.29) is 5.78 Å². The molecule has 0 bridgehead atoms. The van der Waals surface area contributed by atoms with Crippen LogP contribution < -0.4 is 3.61 Å². The fourth-order valence-corrected chi connectivity index (χ4v) is 4.77. The number of benzene rings is 2. The van der Waals surface area contributed by atoms with Gasteiger partial charge in [0.15, 0.2) is 0 Å². The van der Waals surface area contributed by atoms with Crippen molar-refractivity contribution in [3.63, 3.8) is 0 Å². The number of carbonyl (C=O) groups excluding carboxylic acids is 2. The zero-order chi connectivity index (χ0) is 15.2. The van der Waals surface area contributed by atoms with Crippen molar-refractivity contribution >= 4 is 50.8 Å². The molecular formula is C17H13ClO2Te. The first-order valence-electron chi connectivity index (χ1n) is 6.31. The van der Waals surface area contributed by atoms with E-state index in [4.69, 9.17) is 11.6 Å². The van der Waals surface area contributed by atoms with Crippen LogP contribution in [0.3, 0.4) is 0 Å². The first kappa shape index (κ1) is 16.0. The summed E-state index contributed by atoms with van der Waals surface area (Å²) in [4.78, 5) is 22.5. The number of halogens is 1. The van der Waals surface area contributed by atoms with E-state index >= 15 is 0 Å². The van der Waals surface area contributed by atoms with Crippen molar-refractivity contribution in [1.29, 1.82) is 0 Å². The summed E-state index contributed by atoms with van der Waals surface area (Å²) >= 11 is 4.77. The van der Waals surface area contributed by atoms with Gasteiger partial charge >= 0.3 is 139 Å². The van der Waals surface area contributed by atoms with Crippen LogP contribution in [0.1, 0.15) is 22.8 Å². The Labute approximate surface area is 138 Å². The monoisotopic (exact) mass is 414 g/mol. The van der Waals surface area contributed by atoms with Crippen molar-refractivity contribution in [1.82, 2.24) is 0 Å². The van der Waals surface area contributed by atoms with Gasteiger partial charge < -0.3 is 0 Å². The molecule has 0 radical (unpaired) electrons. The van der Waals surface area contributed by atoms with E-state index in [1.165, 1.54) is 6.08 Å². The summed E-state index contributed by atoms with van der Waals surface area (Å²) < 4.78 is 2.13. The molecule has 0 N–H and O–H groups in total. The molecule has 2 rings (SSSR count). The predicted molar refractivity (Wildman–Crippen MR) is 87.1 cm³/mol. The Morgan fingerprint density at radius 2 is 1.57 bits per heavy atom. The van der Waals surface area contributed by atoms with E-state index in [1.807, 2.05) is 54.6 Å². The second kappa shape index (κ2) is 7.56. The van der Waals surface area contributed by atoms with Gasteiger partial charge in [-0.05, 0) is 0 Å². The van der Waals surface area contributed by atoms with E-state index in [2.05, 4.69) is 0 Å². The van der Waals surface area contributed by atoms with Crippen LogP contribution in [0.4, 0.5) is 0 Å². The molecule has 0 aliphatic heterocycles. The molecule has 4 heteroatoms. The number of hydrogen-bond acceptors (Lipinski definition) is 2. The number of ketones is 1. The van der Waals surface area contributed by atoms with Crippen molar-refractivity contribution in [3.05, 3.63) is 71.8 Å². The quantitative estimate of drug-likeness (QED) is 0.328. The van der Waals surface area contributed by atoms with Crippen molar-refractivity contribution in [2.75, 3.05) is 0 Å². The average molecular weight is 412 g/mol. The minimum absolute atomic E-state index is 0.0527. The van der Waals surface area contributed by atoms with Crippen LogP contribution in [-0.4, -0.2) is 31.9 Å². The molecule has 0 aliphatic carbocycles. The van der Waals surface area contributed by atoms with Gasteiger partial charge in [0.05, 0.1) is 0 Å². The fourth-order valence-electron chi connectivity index (χ4n) is 1.76. The first-order chi connectivity index (χ1) is 10.1. The third-order valence-electron chi connectivity index (χ3n) is 2.79. The molecule has 0 spiro atoms. The molecule has 2 nitrogen and oxygen atoms in total. The van der Waals surface area contributed by atoms with Crippen LogP contribution in [-0.2, 0) is 4.79 Å². The van der Waals surface area contributed by atoms with Crippen molar-refractivity contribution in [2.45, 2.75) is 6.92 Å². The normalized spacial score (nSPS) is 11.2. The molecule has 106 valence electrons. The molecule has 0 unspecified atom stereocenters. The van der Waals surface area contributed by atoms with Gasteiger partial charge in [0.25, 0.3) is 0 Å². The second-order valence-corrected chi connectivity index (χ2v) is 7.92. The average Bonchev–Trinajstić information content (AvgIpc) is 2.47. The summed E-state index contributed by atoms with van der Waals surface area (Å²) in [6.45, 7) is 1.55. The van der Waals surface area contributed by atoms with Gasteiger partial charge in [-0.25, -0.2) is 0 Å². The molecule has 0 atom stereocenters. The Morgan fingerprint density at radius 3 is 2.10 bits per heavy atom. The first-order valence-corrected chi connectivity index (χ1v) is 9.02. The molecule has 0 aromatic heterocycles. The fraction of sp³-hybridized carbons (Fsp3) is 0.0588. The Morgan fingerprint density at radius 1 is 0.952 bits per heavy atom.